The summed E-state index contributed by atoms with van der Waals surface area (Å²) in [6.45, 7) is 2.95. The summed E-state index contributed by atoms with van der Waals surface area (Å²) in [5, 5.41) is 2.80. The zero-order chi connectivity index (χ0) is 11.8. The van der Waals surface area contributed by atoms with Crippen LogP contribution in [0.25, 0.3) is 0 Å². The van der Waals surface area contributed by atoms with E-state index in [1.165, 1.54) is 6.08 Å². The second kappa shape index (κ2) is 6.80. The van der Waals surface area contributed by atoms with Gasteiger partial charge in [0.15, 0.2) is 0 Å². The third-order valence-electron chi connectivity index (χ3n) is 2.09. The highest BCUT2D eigenvalue weighted by molar-refractivity contribution is 5.87. The number of amides is 1. The minimum atomic E-state index is -0.0698. The number of hydrogen-bond acceptors (Lipinski definition) is 2. The average Bonchev–Trinajstić information content (AvgIpc) is 2.28. The van der Waals surface area contributed by atoms with Crippen molar-refractivity contribution in [2.75, 3.05) is 7.11 Å². The largest absolute Gasteiger partial charge is 0.380 e. The molecular weight excluding hydrogens is 202 g/mol. The Labute approximate surface area is 96.1 Å². The van der Waals surface area contributed by atoms with Crippen LogP contribution in [0.4, 0.5) is 0 Å². The van der Waals surface area contributed by atoms with E-state index in [-0.39, 0.29) is 5.91 Å². The number of benzene rings is 1. The van der Waals surface area contributed by atoms with Crippen LogP contribution < -0.4 is 5.32 Å². The van der Waals surface area contributed by atoms with E-state index in [1.807, 2.05) is 31.2 Å². The van der Waals surface area contributed by atoms with Gasteiger partial charge < -0.3 is 10.1 Å². The van der Waals surface area contributed by atoms with E-state index in [1.54, 1.807) is 13.2 Å². The fourth-order valence-corrected chi connectivity index (χ4v) is 1.40. The molecule has 0 bridgehead atoms. The lowest BCUT2D eigenvalue weighted by Crippen LogP contribution is -2.20. The molecule has 0 saturated heterocycles. The van der Waals surface area contributed by atoms with Crippen LogP contribution in [0, 0.1) is 0 Å². The highest BCUT2D eigenvalue weighted by Crippen LogP contribution is 2.06. The Balaban J connectivity index is 2.53. The molecule has 0 aliphatic rings. The van der Waals surface area contributed by atoms with Crippen molar-refractivity contribution < 1.29 is 9.53 Å². The molecule has 0 spiro atoms. The average molecular weight is 219 g/mol. The Kier molecular flexibility index (Phi) is 5.29. The molecule has 1 N–H and O–H groups in total. The third kappa shape index (κ3) is 4.28. The maximum Gasteiger partial charge on any atom is 0.243 e. The van der Waals surface area contributed by atoms with Crippen molar-refractivity contribution in [3.8, 4) is 0 Å². The van der Waals surface area contributed by atoms with Gasteiger partial charge in [0.25, 0.3) is 0 Å². The second-order valence-electron chi connectivity index (χ2n) is 3.47. The summed E-state index contributed by atoms with van der Waals surface area (Å²) in [6.07, 6.45) is 3.23. The number of allylic oxidation sites excluding steroid dienone is 1. The summed E-state index contributed by atoms with van der Waals surface area (Å²) in [6, 6.07) is 7.97. The van der Waals surface area contributed by atoms with Crippen LogP contribution in [-0.4, -0.2) is 13.0 Å². The normalized spacial score (nSPS) is 10.6. The lowest BCUT2D eigenvalue weighted by atomic mass is 10.1. The monoisotopic (exact) mass is 219 g/mol. The van der Waals surface area contributed by atoms with Crippen molar-refractivity contribution in [2.24, 2.45) is 0 Å². The summed E-state index contributed by atoms with van der Waals surface area (Å²) in [7, 11) is 1.67. The molecule has 86 valence electrons. The van der Waals surface area contributed by atoms with Gasteiger partial charge in [-0.2, -0.15) is 0 Å². The molecule has 0 saturated carbocycles. The van der Waals surface area contributed by atoms with Gasteiger partial charge in [-0.25, -0.2) is 0 Å². The number of carbonyl (C=O) groups excluding carboxylic acids is 1. The van der Waals surface area contributed by atoms with E-state index in [0.717, 1.165) is 11.1 Å². The molecule has 0 radical (unpaired) electrons. The number of carbonyl (C=O) groups is 1. The van der Waals surface area contributed by atoms with Gasteiger partial charge in [0.2, 0.25) is 5.91 Å². The molecule has 0 heterocycles. The minimum absolute atomic E-state index is 0.0698. The van der Waals surface area contributed by atoms with Crippen LogP contribution in [0.3, 0.4) is 0 Å². The number of methoxy groups -OCH3 is 1. The Morgan fingerprint density at radius 3 is 2.88 bits per heavy atom. The van der Waals surface area contributed by atoms with Gasteiger partial charge in [0.05, 0.1) is 6.61 Å². The van der Waals surface area contributed by atoms with Gasteiger partial charge in [0, 0.05) is 13.7 Å². The summed E-state index contributed by atoms with van der Waals surface area (Å²) in [4.78, 5) is 11.2. The highest BCUT2D eigenvalue weighted by Gasteiger charge is 1.98. The van der Waals surface area contributed by atoms with E-state index in [2.05, 4.69) is 5.32 Å². The summed E-state index contributed by atoms with van der Waals surface area (Å²) in [5.74, 6) is -0.0698. The first-order valence-electron chi connectivity index (χ1n) is 5.23. The summed E-state index contributed by atoms with van der Waals surface area (Å²) in [5.41, 5.74) is 2.19. The maximum absolute atomic E-state index is 11.2. The van der Waals surface area contributed by atoms with Gasteiger partial charge in [-0.05, 0) is 24.1 Å². The minimum Gasteiger partial charge on any atom is -0.380 e. The predicted molar refractivity (Wildman–Crippen MR) is 63.8 cm³/mol. The van der Waals surface area contributed by atoms with Crippen molar-refractivity contribution in [3.63, 3.8) is 0 Å². The molecule has 16 heavy (non-hydrogen) atoms. The number of nitrogens with one attached hydrogen (secondary N) is 1. The van der Waals surface area contributed by atoms with Crippen LogP contribution in [0.1, 0.15) is 18.1 Å². The molecular formula is C13H17NO2. The van der Waals surface area contributed by atoms with Gasteiger partial charge in [0.1, 0.15) is 0 Å². The standard InChI is InChI=1S/C13H17NO2/c1-3-5-13(15)14-9-11-6-4-7-12(8-11)10-16-2/h3-8H,9-10H2,1-2H3,(H,14,15). The zero-order valence-electron chi connectivity index (χ0n) is 9.69. The molecule has 0 aliphatic carbocycles. The topological polar surface area (TPSA) is 38.3 Å². The first kappa shape index (κ1) is 12.5. The Hall–Kier alpha value is -1.61. The van der Waals surface area contributed by atoms with E-state index >= 15 is 0 Å². The van der Waals surface area contributed by atoms with E-state index in [9.17, 15) is 4.79 Å². The smallest absolute Gasteiger partial charge is 0.243 e. The van der Waals surface area contributed by atoms with Gasteiger partial charge in [-0.3, -0.25) is 4.79 Å². The fraction of sp³-hybridized carbons (Fsp3) is 0.308. The molecule has 0 aromatic heterocycles. The first-order valence-corrected chi connectivity index (χ1v) is 5.23. The van der Waals surface area contributed by atoms with Crippen LogP contribution >= 0.6 is 0 Å². The third-order valence-corrected chi connectivity index (χ3v) is 2.09. The molecule has 0 atom stereocenters. The van der Waals surface area contributed by atoms with Crippen molar-refractivity contribution in [3.05, 3.63) is 47.5 Å². The number of hydrogen-bond donors (Lipinski definition) is 1. The van der Waals surface area contributed by atoms with E-state index < -0.39 is 0 Å². The summed E-state index contributed by atoms with van der Waals surface area (Å²) < 4.78 is 5.05. The Bertz CT molecular complexity index is 372. The molecule has 0 unspecified atom stereocenters. The van der Waals surface area contributed by atoms with Crippen molar-refractivity contribution in [1.82, 2.24) is 5.32 Å². The Morgan fingerprint density at radius 1 is 1.44 bits per heavy atom. The van der Waals surface area contributed by atoms with Crippen LogP contribution in [-0.2, 0) is 22.7 Å². The molecule has 3 nitrogen and oxygen atoms in total. The highest BCUT2D eigenvalue weighted by atomic mass is 16.5. The molecule has 0 fully saturated rings. The van der Waals surface area contributed by atoms with Crippen LogP contribution in [0.2, 0.25) is 0 Å². The van der Waals surface area contributed by atoms with Gasteiger partial charge in [-0.15, -0.1) is 0 Å². The molecule has 1 aromatic carbocycles. The maximum atomic E-state index is 11.2. The number of rotatable bonds is 5. The van der Waals surface area contributed by atoms with Gasteiger partial charge >= 0.3 is 0 Å². The van der Waals surface area contributed by atoms with Crippen molar-refractivity contribution >= 4 is 5.91 Å². The molecule has 1 aromatic rings. The molecule has 1 rings (SSSR count). The zero-order valence-corrected chi connectivity index (χ0v) is 9.69. The van der Waals surface area contributed by atoms with E-state index in [4.69, 9.17) is 4.74 Å². The lowest BCUT2D eigenvalue weighted by molar-refractivity contribution is -0.116. The molecule has 1 amide bonds. The number of ether oxygens (including phenoxy) is 1. The van der Waals surface area contributed by atoms with Crippen molar-refractivity contribution in [1.29, 1.82) is 0 Å². The second-order valence-corrected chi connectivity index (χ2v) is 3.47. The molecule has 3 heteroatoms. The van der Waals surface area contributed by atoms with Crippen molar-refractivity contribution in [2.45, 2.75) is 20.1 Å². The fourth-order valence-electron chi connectivity index (χ4n) is 1.40. The SMILES string of the molecule is CC=CC(=O)NCc1cccc(COC)c1. The summed E-state index contributed by atoms with van der Waals surface area (Å²) >= 11 is 0. The molecule has 0 aliphatic heterocycles. The van der Waals surface area contributed by atoms with Crippen LogP contribution in [0.5, 0.6) is 0 Å². The Morgan fingerprint density at radius 2 is 2.19 bits per heavy atom. The quantitative estimate of drug-likeness (QED) is 0.769. The first-order chi connectivity index (χ1) is 7.76. The van der Waals surface area contributed by atoms with Crippen LogP contribution in [0.15, 0.2) is 36.4 Å². The lowest BCUT2D eigenvalue weighted by Gasteiger charge is -2.05. The van der Waals surface area contributed by atoms with E-state index in [0.29, 0.717) is 13.2 Å². The predicted octanol–water partition coefficient (Wildman–Crippen LogP) is 2.03. The van der Waals surface area contributed by atoms with Gasteiger partial charge in [-0.1, -0.05) is 30.3 Å².